The van der Waals surface area contributed by atoms with Gasteiger partial charge in [-0.15, -0.1) is 15.7 Å². The average Bonchev–Trinajstić information content (AvgIpc) is 2.88. The van der Waals surface area contributed by atoms with Crippen LogP contribution < -0.4 is 9.54 Å². The highest BCUT2D eigenvalue weighted by atomic mass is 35.5. The highest BCUT2D eigenvalue weighted by Crippen LogP contribution is 2.26. The normalized spacial score (nSPS) is 12.4. The molecule has 3 rings (SSSR count). The molecule has 0 atom stereocenters. The van der Waals surface area contributed by atoms with Crippen LogP contribution >= 0.6 is 22.9 Å². The SMILES string of the molecule is COc1ccc(-c2c(C)sc(=NS(=O)(=O)c3ccc(Cl)cc3)n2C)cc1. The maximum atomic E-state index is 12.6. The number of aryl methyl sites for hydroxylation is 1. The molecule has 0 aliphatic rings. The van der Waals surface area contributed by atoms with Gasteiger partial charge in [-0.1, -0.05) is 11.6 Å². The second-order valence-corrected chi connectivity index (χ2v) is 8.82. The van der Waals surface area contributed by atoms with E-state index in [0.717, 1.165) is 21.9 Å². The zero-order chi connectivity index (χ0) is 18.9. The summed E-state index contributed by atoms with van der Waals surface area (Å²) in [6.07, 6.45) is 0. The molecule has 0 saturated carbocycles. The molecule has 0 bridgehead atoms. The van der Waals surface area contributed by atoms with E-state index >= 15 is 0 Å². The fourth-order valence-corrected chi connectivity index (χ4v) is 4.91. The zero-order valence-electron chi connectivity index (χ0n) is 14.4. The predicted octanol–water partition coefficient (Wildman–Crippen LogP) is 4.01. The minimum Gasteiger partial charge on any atom is -0.497 e. The maximum absolute atomic E-state index is 12.6. The quantitative estimate of drug-likeness (QED) is 0.655. The number of thiazole rings is 1. The molecule has 0 aliphatic heterocycles. The molecule has 0 aliphatic carbocycles. The van der Waals surface area contributed by atoms with Crippen LogP contribution in [0.5, 0.6) is 5.75 Å². The molecular formula is C18H17ClN2O3S2. The highest BCUT2D eigenvalue weighted by Gasteiger charge is 2.16. The lowest BCUT2D eigenvalue weighted by Gasteiger charge is -2.06. The molecule has 0 N–H and O–H groups in total. The van der Waals surface area contributed by atoms with E-state index in [0.29, 0.717) is 9.82 Å². The smallest absolute Gasteiger partial charge is 0.285 e. The van der Waals surface area contributed by atoms with E-state index in [1.54, 1.807) is 18.7 Å². The van der Waals surface area contributed by atoms with Crippen molar-refractivity contribution in [1.29, 1.82) is 0 Å². The van der Waals surface area contributed by atoms with Gasteiger partial charge in [0.1, 0.15) is 5.75 Å². The number of benzene rings is 2. The first-order valence-electron chi connectivity index (χ1n) is 7.69. The molecule has 0 radical (unpaired) electrons. The van der Waals surface area contributed by atoms with E-state index < -0.39 is 10.0 Å². The van der Waals surface area contributed by atoms with Crippen LogP contribution in [-0.2, 0) is 17.1 Å². The van der Waals surface area contributed by atoms with Crippen LogP contribution in [-0.4, -0.2) is 20.1 Å². The van der Waals surface area contributed by atoms with Crippen molar-refractivity contribution in [3.63, 3.8) is 0 Å². The van der Waals surface area contributed by atoms with Gasteiger partial charge < -0.3 is 9.30 Å². The first kappa shape index (κ1) is 18.7. The van der Waals surface area contributed by atoms with Crippen molar-refractivity contribution in [1.82, 2.24) is 4.57 Å². The summed E-state index contributed by atoms with van der Waals surface area (Å²) in [6.45, 7) is 1.94. The molecule has 1 aromatic heterocycles. The van der Waals surface area contributed by atoms with E-state index in [9.17, 15) is 8.42 Å². The molecule has 3 aromatic rings. The third-order valence-electron chi connectivity index (χ3n) is 3.87. The molecule has 1 heterocycles. The number of halogens is 1. The number of methoxy groups -OCH3 is 1. The molecule has 0 spiro atoms. The molecule has 136 valence electrons. The Morgan fingerprint density at radius 3 is 2.27 bits per heavy atom. The number of nitrogens with zero attached hydrogens (tertiary/aromatic N) is 2. The average molecular weight is 409 g/mol. The van der Waals surface area contributed by atoms with E-state index in [4.69, 9.17) is 16.3 Å². The minimum atomic E-state index is -3.81. The fraction of sp³-hybridized carbons (Fsp3) is 0.167. The topological polar surface area (TPSA) is 60.7 Å². The minimum absolute atomic E-state index is 0.110. The van der Waals surface area contributed by atoms with Gasteiger partial charge >= 0.3 is 0 Å². The van der Waals surface area contributed by atoms with Crippen molar-refractivity contribution < 1.29 is 13.2 Å². The lowest BCUT2D eigenvalue weighted by Crippen LogP contribution is -2.14. The van der Waals surface area contributed by atoms with Crippen molar-refractivity contribution in [3.05, 3.63) is 63.2 Å². The van der Waals surface area contributed by atoms with Crippen molar-refractivity contribution >= 4 is 33.0 Å². The lowest BCUT2D eigenvalue weighted by molar-refractivity contribution is 0.415. The fourth-order valence-electron chi connectivity index (χ4n) is 2.57. The summed E-state index contributed by atoms with van der Waals surface area (Å²) in [5.41, 5.74) is 1.88. The van der Waals surface area contributed by atoms with Crippen LogP contribution in [0.2, 0.25) is 5.02 Å². The van der Waals surface area contributed by atoms with Crippen LogP contribution in [0.25, 0.3) is 11.3 Å². The van der Waals surface area contributed by atoms with Crippen molar-refractivity contribution in [2.75, 3.05) is 7.11 Å². The monoisotopic (exact) mass is 408 g/mol. The Bertz CT molecular complexity index is 1100. The van der Waals surface area contributed by atoms with Gasteiger partial charge in [0.05, 0.1) is 17.7 Å². The Balaban J connectivity index is 2.09. The van der Waals surface area contributed by atoms with E-state index in [-0.39, 0.29) is 4.90 Å². The Labute approximate surface area is 161 Å². The number of sulfonamides is 1. The van der Waals surface area contributed by atoms with Gasteiger partial charge in [0.2, 0.25) is 4.80 Å². The standard InChI is InChI=1S/C18H17ClN2O3S2/c1-12-17(13-4-8-15(24-3)9-5-13)21(2)18(25-12)20-26(22,23)16-10-6-14(19)7-11-16/h4-11H,1-3H3. The van der Waals surface area contributed by atoms with Gasteiger partial charge in [-0.05, 0) is 61.0 Å². The molecule has 26 heavy (non-hydrogen) atoms. The lowest BCUT2D eigenvalue weighted by atomic mass is 10.1. The molecule has 0 saturated heterocycles. The first-order valence-corrected chi connectivity index (χ1v) is 10.3. The number of aromatic nitrogens is 1. The summed E-state index contributed by atoms with van der Waals surface area (Å²) in [5.74, 6) is 0.763. The van der Waals surface area contributed by atoms with Crippen LogP contribution in [0.4, 0.5) is 0 Å². The highest BCUT2D eigenvalue weighted by molar-refractivity contribution is 7.90. The second-order valence-electron chi connectivity index (χ2n) is 5.60. The predicted molar refractivity (Wildman–Crippen MR) is 104 cm³/mol. The van der Waals surface area contributed by atoms with Crippen molar-refractivity contribution in [2.24, 2.45) is 11.4 Å². The van der Waals surface area contributed by atoms with Crippen LogP contribution in [0.3, 0.4) is 0 Å². The second kappa shape index (κ2) is 7.26. The number of ether oxygens (including phenoxy) is 1. The van der Waals surface area contributed by atoms with Crippen LogP contribution in [0, 0.1) is 6.92 Å². The van der Waals surface area contributed by atoms with Gasteiger partial charge in [0.15, 0.2) is 0 Å². The summed E-state index contributed by atoms with van der Waals surface area (Å²) in [7, 11) is -0.394. The molecule has 5 nitrogen and oxygen atoms in total. The zero-order valence-corrected chi connectivity index (χ0v) is 16.8. The number of rotatable bonds is 4. The van der Waals surface area contributed by atoms with E-state index in [2.05, 4.69) is 4.40 Å². The Kier molecular flexibility index (Phi) is 5.22. The summed E-state index contributed by atoms with van der Waals surface area (Å²) >= 11 is 7.15. The summed E-state index contributed by atoms with van der Waals surface area (Å²) in [4.78, 5) is 1.49. The summed E-state index contributed by atoms with van der Waals surface area (Å²) in [5, 5.41) is 0.475. The third-order valence-corrected chi connectivity index (χ3v) is 6.57. The first-order chi connectivity index (χ1) is 12.3. The number of hydrogen-bond acceptors (Lipinski definition) is 4. The van der Waals surface area contributed by atoms with Crippen LogP contribution in [0.1, 0.15) is 4.88 Å². The van der Waals surface area contributed by atoms with Gasteiger partial charge in [-0.3, -0.25) is 0 Å². The molecule has 8 heteroatoms. The molecular weight excluding hydrogens is 392 g/mol. The van der Waals surface area contributed by atoms with E-state index in [1.807, 2.05) is 31.2 Å². The molecule has 0 unspecified atom stereocenters. The van der Waals surface area contributed by atoms with Gasteiger partial charge in [-0.25, -0.2) is 0 Å². The number of hydrogen-bond donors (Lipinski definition) is 0. The summed E-state index contributed by atoms with van der Waals surface area (Å²) in [6, 6.07) is 13.6. The Morgan fingerprint density at radius 1 is 1.08 bits per heavy atom. The summed E-state index contributed by atoms with van der Waals surface area (Å²) < 4.78 is 36.1. The molecule has 2 aromatic carbocycles. The molecule has 0 fully saturated rings. The van der Waals surface area contributed by atoms with Crippen LogP contribution in [0.15, 0.2) is 57.8 Å². The Morgan fingerprint density at radius 2 is 1.69 bits per heavy atom. The van der Waals surface area contributed by atoms with Crippen molar-refractivity contribution in [3.8, 4) is 17.0 Å². The van der Waals surface area contributed by atoms with Gasteiger partial charge in [0.25, 0.3) is 10.0 Å². The van der Waals surface area contributed by atoms with Gasteiger partial charge in [-0.2, -0.15) is 8.42 Å². The largest absolute Gasteiger partial charge is 0.497 e. The molecule has 0 amide bonds. The van der Waals surface area contributed by atoms with Crippen molar-refractivity contribution in [2.45, 2.75) is 11.8 Å². The van der Waals surface area contributed by atoms with E-state index in [1.165, 1.54) is 35.6 Å². The van der Waals surface area contributed by atoms with Gasteiger partial charge in [0, 0.05) is 16.9 Å². The Hall–Kier alpha value is -2.09. The maximum Gasteiger partial charge on any atom is 0.285 e. The third kappa shape index (κ3) is 3.70.